The van der Waals surface area contributed by atoms with Gasteiger partial charge in [-0.25, -0.2) is 0 Å². The molecular weight excluding hydrogens is 466 g/mol. The van der Waals surface area contributed by atoms with Gasteiger partial charge in [-0.1, -0.05) is 44.2 Å². The smallest absolute Gasteiger partial charge is 0.399 e. The van der Waals surface area contributed by atoms with Gasteiger partial charge in [0, 0.05) is 22.6 Å². The van der Waals surface area contributed by atoms with Crippen molar-refractivity contribution in [2.24, 2.45) is 5.92 Å². The second-order valence-corrected chi connectivity index (χ2v) is 10.8. The highest BCUT2D eigenvalue weighted by Crippen LogP contribution is 2.39. The van der Waals surface area contributed by atoms with Gasteiger partial charge < -0.3 is 9.31 Å². The summed E-state index contributed by atoms with van der Waals surface area (Å²) in [5.41, 5.74) is 1.60. The number of hydrogen-bond acceptors (Lipinski definition) is 5. The minimum atomic E-state index is -4.51. The highest BCUT2D eigenvalue weighted by Gasteiger charge is 2.52. The van der Waals surface area contributed by atoms with Crippen LogP contribution in [0.3, 0.4) is 0 Å². The number of nitrogens with zero attached hydrogens (tertiary/aromatic N) is 3. The van der Waals surface area contributed by atoms with Crippen LogP contribution in [0.5, 0.6) is 0 Å². The maximum Gasteiger partial charge on any atom is 0.496 e. The molecule has 0 amide bonds. The fourth-order valence-corrected chi connectivity index (χ4v) is 4.23. The first-order valence-electron chi connectivity index (χ1n) is 12.0. The van der Waals surface area contributed by atoms with Crippen LogP contribution in [0.25, 0.3) is 11.3 Å². The van der Waals surface area contributed by atoms with Crippen LogP contribution in [0.15, 0.2) is 54.7 Å². The zero-order valence-electron chi connectivity index (χ0n) is 21.6. The molecule has 1 atom stereocenters. The van der Waals surface area contributed by atoms with E-state index in [0.29, 0.717) is 11.3 Å². The largest absolute Gasteiger partial charge is 0.496 e. The van der Waals surface area contributed by atoms with Gasteiger partial charge in [0.1, 0.15) is 0 Å². The average Bonchev–Trinajstić information content (AvgIpc) is 3.05. The van der Waals surface area contributed by atoms with Crippen LogP contribution in [0, 0.1) is 5.92 Å². The molecule has 1 fully saturated rings. The number of alkyl halides is 3. The lowest BCUT2D eigenvalue weighted by molar-refractivity contribution is -0.141. The van der Waals surface area contributed by atoms with Crippen LogP contribution in [0.1, 0.15) is 65.4 Å². The first kappa shape index (κ1) is 26.3. The SMILES string of the molecule is CC(C)C(C)(c1ccc(-c2ccc(C(F)(F)F)nn2)cc1)c1ccc(B2OC(C)(C)C(C)(C)O2)cn1. The number of pyridine rings is 1. The third-order valence-corrected chi connectivity index (χ3v) is 7.73. The Balaban J connectivity index is 1.60. The van der Waals surface area contributed by atoms with E-state index in [-0.39, 0.29) is 5.92 Å². The molecule has 190 valence electrons. The molecule has 3 aromatic rings. The number of hydrogen-bond donors (Lipinski definition) is 0. The lowest BCUT2D eigenvalue weighted by Gasteiger charge is -2.34. The lowest BCUT2D eigenvalue weighted by Crippen LogP contribution is -2.41. The molecule has 1 saturated heterocycles. The van der Waals surface area contributed by atoms with Gasteiger partial charge in [0.2, 0.25) is 0 Å². The molecule has 1 aliphatic rings. The Bertz CT molecular complexity index is 1200. The molecule has 5 nitrogen and oxygen atoms in total. The molecule has 36 heavy (non-hydrogen) atoms. The Kier molecular flexibility index (Phi) is 6.54. The Labute approximate surface area is 210 Å². The Morgan fingerprint density at radius 2 is 1.39 bits per heavy atom. The van der Waals surface area contributed by atoms with Gasteiger partial charge in [-0.15, -0.1) is 10.2 Å². The van der Waals surface area contributed by atoms with Gasteiger partial charge in [0.05, 0.1) is 22.6 Å². The Morgan fingerprint density at radius 1 is 0.806 bits per heavy atom. The van der Waals surface area contributed by atoms with E-state index in [1.54, 1.807) is 0 Å². The van der Waals surface area contributed by atoms with Crippen LogP contribution >= 0.6 is 0 Å². The minimum Gasteiger partial charge on any atom is -0.399 e. The summed E-state index contributed by atoms with van der Waals surface area (Å²) in [4.78, 5) is 4.81. The maximum absolute atomic E-state index is 12.8. The Morgan fingerprint density at radius 3 is 1.83 bits per heavy atom. The van der Waals surface area contributed by atoms with Gasteiger partial charge >= 0.3 is 13.3 Å². The summed E-state index contributed by atoms with van der Waals surface area (Å²) in [6.45, 7) is 14.5. The topological polar surface area (TPSA) is 57.1 Å². The zero-order valence-corrected chi connectivity index (χ0v) is 21.6. The summed E-state index contributed by atoms with van der Waals surface area (Å²) >= 11 is 0. The van der Waals surface area contributed by atoms with E-state index in [4.69, 9.17) is 14.3 Å². The average molecular weight is 497 g/mol. The van der Waals surface area contributed by atoms with E-state index in [9.17, 15) is 13.2 Å². The highest BCUT2D eigenvalue weighted by atomic mass is 19.4. The molecule has 0 saturated carbocycles. The molecular formula is C27H31BF3N3O2. The molecule has 0 N–H and O–H groups in total. The van der Waals surface area contributed by atoms with Crippen molar-refractivity contribution < 1.29 is 22.5 Å². The van der Waals surface area contributed by atoms with E-state index in [0.717, 1.165) is 22.8 Å². The molecule has 4 rings (SSSR count). The number of aromatic nitrogens is 3. The van der Waals surface area contributed by atoms with E-state index in [1.807, 2.05) is 70.3 Å². The van der Waals surface area contributed by atoms with Gasteiger partial charge in [-0.05, 0) is 64.3 Å². The van der Waals surface area contributed by atoms with Crippen molar-refractivity contribution in [2.45, 2.75) is 71.3 Å². The number of rotatable bonds is 5. The Hall–Kier alpha value is -2.78. The summed E-state index contributed by atoms with van der Waals surface area (Å²) in [7, 11) is -0.481. The van der Waals surface area contributed by atoms with Crippen LogP contribution < -0.4 is 5.46 Å². The molecule has 0 aliphatic carbocycles. The normalized spacial score (nSPS) is 18.9. The zero-order chi connectivity index (χ0) is 26.5. The molecule has 9 heteroatoms. The molecule has 0 spiro atoms. The van der Waals surface area contributed by atoms with Gasteiger partial charge in [-0.2, -0.15) is 13.2 Å². The van der Waals surface area contributed by atoms with Crippen molar-refractivity contribution in [3.05, 3.63) is 71.7 Å². The molecule has 1 aromatic carbocycles. The second-order valence-electron chi connectivity index (χ2n) is 10.8. The van der Waals surface area contributed by atoms with Crippen LogP contribution in [0.2, 0.25) is 0 Å². The lowest BCUT2D eigenvalue weighted by atomic mass is 9.70. The fourth-order valence-electron chi connectivity index (χ4n) is 4.23. The minimum absolute atomic E-state index is 0.212. The molecule has 2 aromatic heterocycles. The van der Waals surface area contributed by atoms with Crippen molar-refractivity contribution in [3.8, 4) is 11.3 Å². The summed E-state index contributed by atoms with van der Waals surface area (Å²) in [5, 5.41) is 7.09. The predicted octanol–water partition coefficient (Wildman–Crippen LogP) is 5.82. The van der Waals surface area contributed by atoms with Crippen LogP contribution in [0.4, 0.5) is 13.2 Å². The predicted molar refractivity (Wildman–Crippen MR) is 134 cm³/mol. The first-order chi connectivity index (χ1) is 16.6. The van der Waals surface area contributed by atoms with Gasteiger partial charge in [-0.3, -0.25) is 4.98 Å². The molecule has 1 unspecified atom stereocenters. The number of halogens is 3. The third kappa shape index (κ3) is 4.66. The summed E-state index contributed by atoms with van der Waals surface area (Å²) in [6, 6.07) is 13.9. The van der Waals surface area contributed by atoms with Crippen LogP contribution in [-0.2, 0) is 20.9 Å². The molecule has 0 bridgehead atoms. The number of benzene rings is 1. The molecule has 1 aliphatic heterocycles. The second kappa shape index (κ2) is 8.96. The third-order valence-electron chi connectivity index (χ3n) is 7.73. The van der Waals surface area contributed by atoms with Crippen molar-refractivity contribution in [2.75, 3.05) is 0 Å². The fraction of sp³-hybridized carbons (Fsp3) is 0.444. The van der Waals surface area contributed by atoms with E-state index in [1.165, 1.54) is 6.07 Å². The molecule has 3 heterocycles. The monoisotopic (exact) mass is 497 g/mol. The van der Waals surface area contributed by atoms with E-state index >= 15 is 0 Å². The summed E-state index contributed by atoms with van der Waals surface area (Å²) in [6.07, 6.45) is -2.70. The van der Waals surface area contributed by atoms with Crippen LogP contribution in [-0.4, -0.2) is 33.5 Å². The molecule has 0 radical (unpaired) electrons. The van der Waals surface area contributed by atoms with E-state index in [2.05, 4.69) is 31.0 Å². The van der Waals surface area contributed by atoms with Crippen molar-refractivity contribution in [1.29, 1.82) is 0 Å². The standard InChI is InChI=1S/C27H31BF3N3O2/c1-17(2)26(7,22-14-12-20(16-32-22)28-35-24(3,4)25(5,6)36-28)19-10-8-18(9-11-19)21-13-15-23(34-33-21)27(29,30)31/h8-17H,1-7H3. The highest BCUT2D eigenvalue weighted by molar-refractivity contribution is 6.62. The van der Waals surface area contributed by atoms with Gasteiger partial charge in [0.25, 0.3) is 0 Å². The summed E-state index contributed by atoms with van der Waals surface area (Å²) < 4.78 is 50.7. The van der Waals surface area contributed by atoms with Gasteiger partial charge in [0.15, 0.2) is 5.69 Å². The van der Waals surface area contributed by atoms with Crippen molar-refractivity contribution in [3.63, 3.8) is 0 Å². The maximum atomic E-state index is 12.8. The first-order valence-corrected chi connectivity index (χ1v) is 12.0. The van der Waals surface area contributed by atoms with Crippen molar-refractivity contribution >= 4 is 12.6 Å². The summed E-state index contributed by atoms with van der Waals surface area (Å²) in [5.74, 6) is 0.212. The van der Waals surface area contributed by atoms with E-state index < -0.39 is 35.6 Å². The van der Waals surface area contributed by atoms with Crippen molar-refractivity contribution in [1.82, 2.24) is 15.2 Å². The quantitative estimate of drug-likeness (QED) is 0.416.